The van der Waals surface area contributed by atoms with Crippen LogP contribution < -0.4 is 18.9 Å². The highest BCUT2D eigenvalue weighted by molar-refractivity contribution is 5.84. The summed E-state index contributed by atoms with van der Waals surface area (Å²) in [6.45, 7) is 60.2. The Morgan fingerprint density at radius 2 is 0.857 bits per heavy atom. The van der Waals surface area contributed by atoms with Gasteiger partial charge in [-0.3, -0.25) is 0 Å². The summed E-state index contributed by atoms with van der Waals surface area (Å²) in [7, 11) is 8.41. The Balaban J connectivity index is -0.000000965. The largest absolute Gasteiger partial charge is 0.359 e. The van der Waals surface area contributed by atoms with Gasteiger partial charge in [-0.1, -0.05) is 228 Å². The Morgan fingerprint density at radius 1 is 0.440 bits per heavy atom. The molecule has 7 aromatic rings. The molecule has 6 heteroatoms. The van der Waals surface area contributed by atoms with Crippen LogP contribution in [0, 0.1) is 13.8 Å². The van der Waals surface area contributed by atoms with Crippen LogP contribution in [0.25, 0.3) is 44.2 Å². The van der Waals surface area contributed by atoms with E-state index in [1.807, 2.05) is 142 Å². The molecule has 0 amide bonds. The molecule has 0 aliphatic carbocycles. The van der Waals surface area contributed by atoms with Gasteiger partial charge in [0.05, 0.1) is 11.4 Å². The van der Waals surface area contributed by atoms with Crippen LogP contribution in [0.1, 0.15) is 150 Å². The highest BCUT2D eigenvalue weighted by atomic mass is 15.4. The number of pyridine rings is 2. The fourth-order valence-corrected chi connectivity index (χ4v) is 8.80. The number of para-hydroxylation sites is 3. The summed E-state index contributed by atoms with van der Waals surface area (Å²) < 4.78 is 4.46. The van der Waals surface area contributed by atoms with Crippen molar-refractivity contribution in [3.8, 4) is 22.5 Å². The molecule has 0 spiro atoms. The van der Waals surface area contributed by atoms with Crippen LogP contribution >= 0.6 is 0 Å². The van der Waals surface area contributed by atoms with Gasteiger partial charge in [0.15, 0.2) is 6.20 Å². The quantitative estimate of drug-likeness (QED) is 0.112. The van der Waals surface area contributed by atoms with Gasteiger partial charge in [0, 0.05) is 78.0 Å². The zero-order valence-electron chi connectivity index (χ0n) is 58.0. The fraction of sp³-hybridized carbons (Fsp3) is 0.359. The summed E-state index contributed by atoms with van der Waals surface area (Å²) in [5.41, 5.74) is 16.0. The molecule has 0 radical (unpaired) electrons. The SMILES string of the molecule is C=C/C(C)=C(\C=C)N1C=CN(C)[C@@H]1C.C=C/C(C)=C(\C=C)N1c2ccccc2N(C)[C@@H]1C.CC.CC.CC.CC.CC.CC.CC.CC.Cc1ccccc1-c1cc2ccccc2c[n+]1C.Cc1ccccc1-c1ccc2ccccc2[n+]1C. The van der Waals surface area contributed by atoms with Crippen molar-refractivity contribution in [3.63, 3.8) is 0 Å². The molecule has 2 aliphatic heterocycles. The minimum absolute atomic E-state index is 0.283. The number of rotatable bonds is 8. The van der Waals surface area contributed by atoms with Crippen molar-refractivity contribution in [1.29, 1.82) is 0 Å². The molecule has 2 atom stereocenters. The molecule has 0 unspecified atom stereocenters. The monoisotopic (exact) mass is 1140 g/mol. The first-order valence-electron chi connectivity index (χ1n) is 31.4. The maximum atomic E-state index is 3.94. The molecule has 2 aromatic heterocycles. The van der Waals surface area contributed by atoms with Gasteiger partial charge in [-0.25, -0.2) is 4.57 Å². The molecule has 0 N–H and O–H groups in total. The molecule has 2 aliphatic rings. The third-order valence-electron chi connectivity index (χ3n) is 13.2. The summed E-state index contributed by atoms with van der Waals surface area (Å²) in [5.74, 6) is 0. The average molecular weight is 1140 g/mol. The van der Waals surface area contributed by atoms with Crippen LogP contribution in [-0.4, -0.2) is 36.2 Å². The molecular formula is C78H118N6+2. The lowest BCUT2D eigenvalue weighted by molar-refractivity contribution is -0.659. The molecule has 5 aromatic carbocycles. The van der Waals surface area contributed by atoms with Gasteiger partial charge in [-0.05, 0) is 124 Å². The highest BCUT2D eigenvalue weighted by Gasteiger charge is 2.32. The Hall–Kier alpha value is -7.70. The standard InChI is InChI=1S/2C17H16N.C16H20N2.C12H18N2.8C2H6/c1-13-7-3-6-10-16(13)17-11-14-8-4-5-9-15(14)12-18(17)2;1-13-7-3-5-9-15(13)17-12-11-14-8-4-6-10-16(14)18(17)2;1-6-12(3)14(7-2)18-13(4)17(5)15-10-8-9-11-16(15)18;1-6-10(3)12(7-2)14-9-8-13(5)11(14)4;8*1-2/h2*3-12H,1-2H3;6-11,13H,1-2H2,3-5H3;6-9,11H,1-2H2,3-5H3;8*1-2H3/q2*+1;;;;;;;;;;/b;;14-12+;12-10+;;;;;;;;/t;;13-;11-;;;;;;;;/m..00......../s1. The summed E-state index contributed by atoms with van der Waals surface area (Å²) in [6.07, 6.45) is 14.5. The lowest BCUT2D eigenvalue weighted by Gasteiger charge is -2.29. The summed E-state index contributed by atoms with van der Waals surface area (Å²) >= 11 is 0. The Kier molecular flexibility index (Phi) is 44.8. The molecule has 0 saturated heterocycles. The summed E-state index contributed by atoms with van der Waals surface area (Å²) in [4.78, 5) is 8.92. The van der Waals surface area contributed by atoms with Crippen molar-refractivity contribution in [1.82, 2.24) is 9.80 Å². The van der Waals surface area contributed by atoms with Crippen LogP contribution in [0.15, 0.2) is 231 Å². The number of fused-ring (bicyclic) bond motifs is 3. The topological polar surface area (TPSA) is 20.7 Å². The number of benzene rings is 5. The Labute approximate surface area is 516 Å². The molecule has 9 rings (SSSR count). The molecule has 0 fully saturated rings. The van der Waals surface area contributed by atoms with Crippen LogP contribution in [-0.2, 0) is 14.1 Å². The van der Waals surface area contributed by atoms with Crippen molar-refractivity contribution in [2.24, 2.45) is 14.1 Å². The predicted octanol–water partition coefficient (Wildman–Crippen LogP) is 22.1. The van der Waals surface area contributed by atoms with Gasteiger partial charge in [0.1, 0.15) is 26.4 Å². The molecular weight excluding hydrogens is 1020 g/mol. The van der Waals surface area contributed by atoms with E-state index >= 15 is 0 Å². The van der Waals surface area contributed by atoms with E-state index in [1.165, 1.54) is 66.7 Å². The van der Waals surface area contributed by atoms with Gasteiger partial charge >= 0.3 is 0 Å². The second kappa shape index (κ2) is 46.7. The fourth-order valence-electron chi connectivity index (χ4n) is 8.80. The summed E-state index contributed by atoms with van der Waals surface area (Å²) in [5, 5.41) is 3.84. The smallest absolute Gasteiger partial charge is 0.213 e. The van der Waals surface area contributed by atoms with Gasteiger partial charge in [-0.2, -0.15) is 4.57 Å². The maximum absolute atomic E-state index is 3.94. The number of hydrogen-bond acceptors (Lipinski definition) is 4. The highest BCUT2D eigenvalue weighted by Crippen LogP contribution is 2.41. The van der Waals surface area contributed by atoms with E-state index in [-0.39, 0.29) is 6.17 Å². The molecule has 4 heterocycles. The van der Waals surface area contributed by atoms with Gasteiger partial charge in [0.2, 0.25) is 16.9 Å². The molecule has 0 bridgehead atoms. The van der Waals surface area contributed by atoms with E-state index < -0.39 is 0 Å². The third-order valence-corrected chi connectivity index (χ3v) is 13.2. The second-order valence-corrected chi connectivity index (χ2v) is 17.4. The third kappa shape index (κ3) is 22.5. The number of aryl methyl sites for hydroxylation is 4. The molecule has 458 valence electrons. The van der Waals surface area contributed by atoms with Crippen molar-refractivity contribution in [2.45, 2.75) is 165 Å². The van der Waals surface area contributed by atoms with Crippen LogP contribution in [0.4, 0.5) is 11.4 Å². The normalized spacial score (nSPS) is 13.1. The van der Waals surface area contributed by atoms with Crippen molar-refractivity contribution >= 4 is 33.1 Å². The second-order valence-electron chi connectivity index (χ2n) is 17.4. The Morgan fingerprint density at radius 3 is 1.32 bits per heavy atom. The first-order chi connectivity index (χ1) is 40.8. The predicted molar refractivity (Wildman–Crippen MR) is 383 cm³/mol. The number of aromatic nitrogens is 2. The van der Waals surface area contributed by atoms with Crippen LogP contribution in [0.3, 0.4) is 0 Å². The first kappa shape index (κ1) is 80.5. The van der Waals surface area contributed by atoms with E-state index in [4.69, 9.17) is 0 Å². The lowest BCUT2D eigenvalue weighted by Crippen LogP contribution is -2.38. The van der Waals surface area contributed by atoms with Crippen LogP contribution in [0.5, 0.6) is 0 Å². The lowest BCUT2D eigenvalue weighted by atomic mass is 10.0. The van der Waals surface area contributed by atoms with E-state index in [0.717, 1.165) is 22.5 Å². The zero-order chi connectivity index (χ0) is 65.1. The van der Waals surface area contributed by atoms with Gasteiger partial charge in [-0.15, -0.1) is 0 Å². The van der Waals surface area contributed by atoms with Crippen molar-refractivity contribution in [3.05, 3.63) is 242 Å². The first-order valence-corrected chi connectivity index (χ1v) is 31.4. The van der Waals surface area contributed by atoms with E-state index in [2.05, 4.69) is 276 Å². The number of anilines is 2. The summed E-state index contributed by atoms with van der Waals surface area (Å²) in [6, 6.07) is 49.1. The molecule has 0 saturated carbocycles. The Bertz CT molecular complexity index is 2990. The number of nitrogens with zero attached hydrogens (tertiary/aromatic N) is 6. The molecule has 6 nitrogen and oxygen atoms in total. The minimum Gasteiger partial charge on any atom is -0.359 e. The number of hydrogen-bond donors (Lipinski definition) is 0. The average Bonchev–Trinajstić information content (AvgIpc) is 4.24. The maximum Gasteiger partial charge on any atom is 0.213 e. The van der Waals surface area contributed by atoms with Crippen molar-refractivity contribution in [2.75, 3.05) is 23.9 Å². The van der Waals surface area contributed by atoms with Gasteiger partial charge in [0.25, 0.3) is 0 Å². The van der Waals surface area contributed by atoms with E-state index in [9.17, 15) is 0 Å². The minimum atomic E-state index is 0.283. The number of allylic oxidation sites excluding steroid dienone is 6. The molecule has 84 heavy (non-hydrogen) atoms. The van der Waals surface area contributed by atoms with Crippen LogP contribution in [0.2, 0.25) is 0 Å². The van der Waals surface area contributed by atoms with Gasteiger partial charge < -0.3 is 19.6 Å². The van der Waals surface area contributed by atoms with Crippen molar-refractivity contribution < 1.29 is 9.13 Å². The van der Waals surface area contributed by atoms with E-state index in [0.29, 0.717) is 6.17 Å². The zero-order valence-corrected chi connectivity index (χ0v) is 58.0. The van der Waals surface area contributed by atoms with E-state index in [1.54, 1.807) is 0 Å².